The number of nitrogens with zero attached hydrogens (tertiary/aromatic N) is 2. The van der Waals surface area contributed by atoms with Crippen molar-refractivity contribution in [3.63, 3.8) is 0 Å². The summed E-state index contributed by atoms with van der Waals surface area (Å²) in [5, 5.41) is 0. The zero-order valence-electron chi connectivity index (χ0n) is 13.7. The van der Waals surface area contributed by atoms with E-state index in [9.17, 15) is 0 Å². The molecule has 20 heavy (non-hydrogen) atoms. The summed E-state index contributed by atoms with van der Waals surface area (Å²) in [7, 11) is 0. The van der Waals surface area contributed by atoms with Gasteiger partial charge in [0.25, 0.3) is 0 Å². The predicted octanol–water partition coefficient (Wildman–Crippen LogP) is 3.15. The molecule has 0 unspecified atom stereocenters. The van der Waals surface area contributed by atoms with Crippen LogP contribution in [0, 0.1) is 6.92 Å². The molecule has 1 saturated heterocycles. The lowest BCUT2D eigenvalue weighted by Crippen LogP contribution is -2.38. The molecule has 1 aliphatic heterocycles. The van der Waals surface area contributed by atoms with Gasteiger partial charge in [-0.2, -0.15) is 0 Å². The van der Waals surface area contributed by atoms with Gasteiger partial charge in [-0.15, -0.1) is 0 Å². The van der Waals surface area contributed by atoms with E-state index in [-0.39, 0.29) is 0 Å². The molecule has 0 radical (unpaired) electrons. The van der Waals surface area contributed by atoms with Crippen LogP contribution in [0.1, 0.15) is 33.3 Å². The van der Waals surface area contributed by atoms with Gasteiger partial charge in [-0.05, 0) is 12.5 Å². The molecule has 1 aliphatic rings. The first-order valence-corrected chi connectivity index (χ1v) is 7.70. The van der Waals surface area contributed by atoms with E-state index in [1.165, 1.54) is 0 Å². The minimum Gasteiger partial charge on any atom is -0.476 e. The van der Waals surface area contributed by atoms with Gasteiger partial charge in [0.2, 0.25) is 5.88 Å². The SMILES string of the molecule is CC.CC.Cc1ccc(OCCN2CCOCC2)nc1. The second kappa shape index (κ2) is 12.9. The summed E-state index contributed by atoms with van der Waals surface area (Å²) in [5.74, 6) is 0.707. The Morgan fingerprint density at radius 1 is 1.15 bits per heavy atom. The largest absolute Gasteiger partial charge is 0.476 e. The van der Waals surface area contributed by atoms with Gasteiger partial charge in [0.15, 0.2) is 0 Å². The van der Waals surface area contributed by atoms with Gasteiger partial charge in [-0.3, -0.25) is 4.90 Å². The molecule has 2 heterocycles. The van der Waals surface area contributed by atoms with Crippen LogP contribution in [0.3, 0.4) is 0 Å². The summed E-state index contributed by atoms with van der Waals surface area (Å²) in [5.41, 5.74) is 1.15. The number of pyridine rings is 1. The number of morpholine rings is 1. The van der Waals surface area contributed by atoms with E-state index in [2.05, 4.69) is 9.88 Å². The van der Waals surface area contributed by atoms with Crippen molar-refractivity contribution in [1.82, 2.24) is 9.88 Å². The number of rotatable bonds is 4. The number of hydrogen-bond acceptors (Lipinski definition) is 4. The molecule has 1 aromatic heterocycles. The van der Waals surface area contributed by atoms with Crippen LogP contribution >= 0.6 is 0 Å². The van der Waals surface area contributed by atoms with E-state index in [0.717, 1.165) is 38.4 Å². The highest BCUT2D eigenvalue weighted by Gasteiger charge is 2.09. The molecule has 0 N–H and O–H groups in total. The third-order valence-electron chi connectivity index (χ3n) is 2.65. The van der Waals surface area contributed by atoms with Crippen LogP contribution in [0.4, 0.5) is 0 Å². The first-order chi connectivity index (χ1) is 9.84. The molecule has 0 atom stereocenters. The Balaban J connectivity index is 0.000000829. The molecule has 0 spiro atoms. The Bertz CT molecular complexity index is 309. The van der Waals surface area contributed by atoms with Crippen LogP contribution in [0.15, 0.2) is 18.3 Å². The smallest absolute Gasteiger partial charge is 0.213 e. The summed E-state index contributed by atoms with van der Waals surface area (Å²) >= 11 is 0. The monoisotopic (exact) mass is 282 g/mol. The van der Waals surface area contributed by atoms with E-state index in [1.807, 2.05) is 52.9 Å². The van der Waals surface area contributed by atoms with Crippen molar-refractivity contribution in [2.75, 3.05) is 39.5 Å². The van der Waals surface area contributed by atoms with Crippen molar-refractivity contribution >= 4 is 0 Å². The van der Waals surface area contributed by atoms with E-state index < -0.39 is 0 Å². The topological polar surface area (TPSA) is 34.6 Å². The molecule has 1 fully saturated rings. The highest BCUT2D eigenvalue weighted by Crippen LogP contribution is 2.06. The highest BCUT2D eigenvalue weighted by atomic mass is 16.5. The Kier molecular flexibility index (Phi) is 12.2. The van der Waals surface area contributed by atoms with E-state index in [0.29, 0.717) is 12.5 Å². The van der Waals surface area contributed by atoms with Crippen LogP contribution in [0.25, 0.3) is 0 Å². The third kappa shape index (κ3) is 8.12. The molecular formula is C16H30N2O2. The second-order valence-electron chi connectivity index (χ2n) is 3.98. The highest BCUT2D eigenvalue weighted by molar-refractivity contribution is 5.16. The fourth-order valence-electron chi connectivity index (χ4n) is 1.64. The number of hydrogen-bond donors (Lipinski definition) is 0. The van der Waals surface area contributed by atoms with Gasteiger partial charge in [-0.1, -0.05) is 33.8 Å². The van der Waals surface area contributed by atoms with Gasteiger partial charge in [0.1, 0.15) is 6.61 Å². The minimum atomic E-state index is 0.691. The Labute approximate surface area is 124 Å². The fourth-order valence-corrected chi connectivity index (χ4v) is 1.64. The summed E-state index contributed by atoms with van der Waals surface area (Å²) < 4.78 is 10.9. The minimum absolute atomic E-state index is 0.691. The van der Waals surface area contributed by atoms with Gasteiger partial charge >= 0.3 is 0 Å². The summed E-state index contributed by atoms with van der Waals surface area (Å²) in [4.78, 5) is 6.54. The molecule has 0 bridgehead atoms. The zero-order valence-corrected chi connectivity index (χ0v) is 13.7. The summed E-state index contributed by atoms with van der Waals surface area (Å²) in [6, 6.07) is 3.92. The lowest BCUT2D eigenvalue weighted by Gasteiger charge is -2.26. The molecule has 4 nitrogen and oxygen atoms in total. The molecule has 0 saturated carbocycles. The zero-order chi connectivity index (χ0) is 15.2. The lowest BCUT2D eigenvalue weighted by molar-refractivity contribution is 0.0320. The molecule has 4 heteroatoms. The van der Waals surface area contributed by atoms with E-state index in [4.69, 9.17) is 9.47 Å². The Hall–Kier alpha value is -1.13. The summed E-state index contributed by atoms with van der Waals surface area (Å²) in [6.07, 6.45) is 1.82. The van der Waals surface area contributed by atoms with Crippen molar-refractivity contribution in [2.24, 2.45) is 0 Å². The van der Waals surface area contributed by atoms with Crippen LogP contribution in [-0.2, 0) is 4.74 Å². The average Bonchev–Trinajstić information content (AvgIpc) is 2.54. The van der Waals surface area contributed by atoms with Crippen molar-refractivity contribution in [2.45, 2.75) is 34.6 Å². The molecular weight excluding hydrogens is 252 g/mol. The van der Waals surface area contributed by atoms with E-state index in [1.54, 1.807) is 0 Å². The number of aromatic nitrogens is 1. The van der Waals surface area contributed by atoms with Gasteiger partial charge < -0.3 is 9.47 Å². The van der Waals surface area contributed by atoms with Gasteiger partial charge in [0.05, 0.1) is 13.2 Å². The maximum absolute atomic E-state index is 5.57. The molecule has 1 aromatic rings. The molecule has 2 rings (SSSR count). The summed E-state index contributed by atoms with van der Waals surface area (Å²) in [6.45, 7) is 15.3. The standard InChI is InChI=1S/C12H18N2O2.2C2H6/c1-11-2-3-12(13-10-11)16-9-6-14-4-7-15-8-5-14;2*1-2/h2-3,10H,4-9H2,1H3;2*1-2H3. The van der Waals surface area contributed by atoms with Crippen LogP contribution < -0.4 is 4.74 Å². The van der Waals surface area contributed by atoms with Crippen LogP contribution in [0.5, 0.6) is 5.88 Å². The first-order valence-electron chi connectivity index (χ1n) is 7.70. The van der Waals surface area contributed by atoms with Crippen LogP contribution in [0.2, 0.25) is 0 Å². The number of ether oxygens (including phenoxy) is 2. The van der Waals surface area contributed by atoms with Crippen molar-refractivity contribution in [1.29, 1.82) is 0 Å². The third-order valence-corrected chi connectivity index (χ3v) is 2.65. The van der Waals surface area contributed by atoms with Gasteiger partial charge in [-0.25, -0.2) is 4.98 Å². The predicted molar refractivity (Wildman–Crippen MR) is 84.4 cm³/mol. The van der Waals surface area contributed by atoms with Crippen molar-refractivity contribution in [3.8, 4) is 5.88 Å². The quantitative estimate of drug-likeness (QED) is 0.849. The molecule has 0 amide bonds. The lowest BCUT2D eigenvalue weighted by atomic mass is 10.3. The normalized spacial score (nSPS) is 14.4. The maximum atomic E-state index is 5.57. The van der Waals surface area contributed by atoms with Gasteiger partial charge in [0, 0.05) is 31.9 Å². The number of aryl methyl sites for hydroxylation is 1. The van der Waals surface area contributed by atoms with Crippen molar-refractivity contribution in [3.05, 3.63) is 23.9 Å². The molecule has 116 valence electrons. The molecule has 0 aromatic carbocycles. The molecule has 0 aliphatic carbocycles. The first kappa shape index (κ1) is 18.9. The fraction of sp³-hybridized carbons (Fsp3) is 0.688. The maximum Gasteiger partial charge on any atom is 0.213 e. The van der Waals surface area contributed by atoms with Crippen molar-refractivity contribution < 1.29 is 9.47 Å². The van der Waals surface area contributed by atoms with Crippen LogP contribution in [-0.4, -0.2) is 49.3 Å². The second-order valence-corrected chi connectivity index (χ2v) is 3.98. The average molecular weight is 282 g/mol. The van der Waals surface area contributed by atoms with E-state index >= 15 is 0 Å². The Morgan fingerprint density at radius 3 is 2.35 bits per heavy atom. The Morgan fingerprint density at radius 2 is 1.80 bits per heavy atom.